The van der Waals surface area contributed by atoms with Gasteiger partial charge in [-0.25, -0.2) is 13.2 Å². The van der Waals surface area contributed by atoms with E-state index in [0.29, 0.717) is 11.1 Å². The highest BCUT2D eigenvalue weighted by molar-refractivity contribution is 5.53. The molecule has 0 aromatic heterocycles. The number of hydrogen-bond acceptors (Lipinski definition) is 0. The first-order valence-electron chi connectivity index (χ1n) is 9.35. The van der Waals surface area contributed by atoms with Crippen LogP contribution in [0.2, 0.25) is 0 Å². The van der Waals surface area contributed by atoms with Crippen molar-refractivity contribution in [1.82, 2.24) is 0 Å². The van der Waals surface area contributed by atoms with E-state index in [1.807, 2.05) is 19.1 Å². The van der Waals surface area contributed by atoms with Crippen molar-refractivity contribution in [2.45, 2.75) is 27.2 Å². The molecule has 0 N–H and O–H groups in total. The number of allylic oxidation sites excluding steroid dienone is 15. The number of hydrogen-bond donors (Lipinski definition) is 0. The summed E-state index contributed by atoms with van der Waals surface area (Å²) < 4.78 is 42.1. The lowest BCUT2D eigenvalue weighted by molar-refractivity contribution is 0.558. The van der Waals surface area contributed by atoms with E-state index in [1.54, 1.807) is 6.92 Å². The van der Waals surface area contributed by atoms with Crippen LogP contribution in [0.15, 0.2) is 133 Å². The third-order valence-electron chi connectivity index (χ3n) is 4.38. The fourth-order valence-corrected chi connectivity index (χ4v) is 1.97. The standard InChI is InChI=1S/C27H31F3/c1-11-18(4)12-13-20(6)23(9)25(28)16-22(8)19(5)14-15-21(7)24(10)27(30)26(29)17(2)3/h11,13-16,18H,1-2,5,7-10,12H2,3-4,6H3/b15-14-,20-13+,25-16+,27-26-. The van der Waals surface area contributed by atoms with Crippen LogP contribution in [0.25, 0.3) is 0 Å². The quantitative estimate of drug-likeness (QED) is 0.221. The summed E-state index contributed by atoms with van der Waals surface area (Å²) in [6.07, 6.45) is 8.57. The van der Waals surface area contributed by atoms with Crippen molar-refractivity contribution >= 4 is 0 Å². The van der Waals surface area contributed by atoms with Gasteiger partial charge in [-0.3, -0.25) is 0 Å². The Hall–Kier alpha value is -3.07. The van der Waals surface area contributed by atoms with Crippen LogP contribution >= 0.6 is 0 Å². The summed E-state index contributed by atoms with van der Waals surface area (Å²) in [5, 5.41) is 0. The molecule has 0 aromatic rings. The average molecular weight is 413 g/mol. The van der Waals surface area contributed by atoms with Crippen molar-refractivity contribution in [1.29, 1.82) is 0 Å². The molecule has 30 heavy (non-hydrogen) atoms. The zero-order valence-electron chi connectivity index (χ0n) is 18.3. The van der Waals surface area contributed by atoms with E-state index in [1.165, 1.54) is 25.2 Å². The molecule has 0 aromatic carbocycles. The van der Waals surface area contributed by atoms with Gasteiger partial charge in [0, 0.05) is 11.1 Å². The molecule has 0 bridgehead atoms. The van der Waals surface area contributed by atoms with Crippen LogP contribution in [0.3, 0.4) is 0 Å². The maximum atomic E-state index is 14.5. The van der Waals surface area contributed by atoms with Crippen LogP contribution in [0.5, 0.6) is 0 Å². The summed E-state index contributed by atoms with van der Waals surface area (Å²) >= 11 is 0. The number of rotatable bonds is 12. The Kier molecular flexibility index (Phi) is 11.2. The topological polar surface area (TPSA) is 0 Å². The molecule has 0 fully saturated rings. The van der Waals surface area contributed by atoms with E-state index in [9.17, 15) is 13.2 Å². The summed E-state index contributed by atoms with van der Waals surface area (Å²) in [7, 11) is 0. The molecule has 0 aliphatic carbocycles. The smallest absolute Gasteiger partial charge is 0.166 e. The van der Waals surface area contributed by atoms with E-state index in [4.69, 9.17) is 0 Å². The molecule has 0 heterocycles. The minimum absolute atomic E-state index is 0.0487. The second-order valence-electron chi connectivity index (χ2n) is 7.10. The summed E-state index contributed by atoms with van der Waals surface area (Å²) in [5.41, 5.74) is 1.53. The molecule has 0 rings (SSSR count). The van der Waals surface area contributed by atoms with Crippen LogP contribution in [-0.2, 0) is 0 Å². The molecule has 0 amide bonds. The van der Waals surface area contributed by atoms with Crippen molar-refractivity contribution in [2.24, 2.45) is 5.92 Å². The van der Waals surface area contributed by atoms with Crippen LogP contribution < -0.4 is 0 Å². The van der Waals surface area contributed by atoms with Crippen molar-refractivity contribution in [3.05, 3.63) is 133 Å². The summed E-state index contributed by atoms with van der Waals surface area (Å²) in [6.45, 7) is 30.7. The molecule has 1 atom stereocenters. The van der Waals surface area contributed by atoms with Gasteiger partial charge in [0.1, 0.15) is 5.83 Å². The van der Waals surface area contributed by atoms with Gasteiger partial charge in [0.05, 0.1) is 0 Å². The lowest BCUT2D eigenvalue weighted by Crippen LogP contribution is -1.91. The highest BCUT2D eigenvalue weighted by atomic mass is 19.2. The summed E-state index contributed by atoms with van der Waals surface area (Å²) in [6, 6.07) is 0. The molecule has 0 radical (unpaired) electrons. The highest BCUT2D eigenvalue weighted by Gasteiger charge is 2.12. The molecular formula is C27H31F3. The van der Waals surface area contributed by atoms with Gasteiger partial charge in [0.25, 0.3) is 0 Å². The second-order valence-corrected chi connectivity index (χ2v) is 7.10. The Bertz CT molecular complexity index is 898. The molecule has 0 aliphatic heterocycles. The predicted octanol–water partition coefficient (Wildman–Crippen LogP) is 9.06. The minimum atomic E-state index is -1.13. The van der Waals surface area contributed by atoms with E-state index < -0.39 is 17.5 Å². The van der Waals surface area contributed by atoms with Crippen LogP contribution in [0.4, 0.5) is 13.2 Å². The van der Waals surface area contributed by atoms with Gasteiger partial charge in [-0.15, -0.1) is 6.58 Å². The Labute approximate surface area is 179 Å². The van der Waals surface area contributed by atoms with Crippen molar-refractivity contribution < 1.29 is 13.2 Å². The van der Waals surface area contributed by atoms with Gasteiger partial charge in [-0.1, -0.05) is 70.7 Å². The Morgan fingerprint density at radius 3 is 1.83 bits per heavy atom. The minimum Gasteiger partial charge on any atom is -0.206 e. The van der Waals surface area contributed by atoms with Gasteiger partial charge in [-0.05, 0) is 60.1 Å². The molecule has 0 saturated heterocycles. The van der Waals surface area contributed by atoms with Gasteiger partial charge in [-0.2, -0.15) is 0 Å². The van der Waals surface area contributed by atoms with Crippen LogP contribution in [-0.4, -0.2) is 0 Å². The van der Waals surface area contributed by atoms with E-state index >= 15 is 0 Å². The molecule has 160 valence electrons. The number of halogens is 3. The lowest BCUT2D eigenvalue weighted by Gasteiger charge is -2.08. The SMILES string of the molecule is C=CC(C)C/C=C(\C)C(=C)/C(F)=C\C(=C)C(=C)/C=C\C(=C)C(=C)/C(F)=C(/F)C(=C)C. The summed E-state index contributed by atoms with van der Waals surface area (Å²) in [5.74, 6) is -2.45. The molecule has 0 saturated carbocycles. The third-order valence-corrected chi connectivity index (χ3v) is 4.38. The molecule has 0 aliphatic rings. The van der Waals surface area contributed by atoms with Crippen LogP contribution in [0, 0.1) is 5.92 Å². The molecule has 0 nitrogen and oxygen atoms in total. The monoisotopic (exact) mass is 412 g/mol. The fraction of sp³-hybridized carbons (Fsp3) is 0.185. The molecule has 1 unspecified atom stereocenters. The van der Waals surface area contributed by atoms with Crippen LogP contribution in [0.1, 0.15) is 27.2 Å². The van der Waals surface area contributed by atoms with E-state index in [2.05, 4.69) is 46.1 Å². The first-order chi connectivity index (χ1) is 13.8. The molecule has 0 spiro atoms. The summed E-state index contributed by atoms with van der Waals surface area (Å²) in [4.78, 5) is 0. The highest BCUT2D eigenvalue weighted by Crippen LogP contribution is 2.27. The maximum absolute atomic E-state index is 14.5. The lowest BCUT2D eigenvalue weighted by atomic mass is 10.00. The van der Waals surface area contributed by atoms with Gasteiger partial charge in [0.15, 0.2) is 11.7 Å². The fourth-order valence-electron chi connectivity index (χ4n) is 1.97. The average Bonchev–Trinajstić information content (AvgIpc) is 2.72. The first kappa shape index (κ1) is 26.9. The zero-order valence-corrected chi connectivity index (χ0v) is 18.3. The predicted molar refractivity (Wildman–Crippen MR) is 126 cm³/mol. The van der Waals surface area contributed by atoms with E-state index in [0.717, 1.165) is 12.0 Å². The second kappa shape index (κ2) is 12.5. The molecule has 3 heteroatoms. The third kappa shape index (κ3) is 8.52. The first-order valence-corrected chi connectivity index (χ1v) is 9.35. The maximum Gasteiger partial charge on any atom is 0.166 e. The Morgan fingerprint density at radius 2 is 1.33 bits per heavy atom. The normalized spacial score (nSPS) is 14.1. The zero-order chi connectivity index (χ0) is 23.6. The van der Waals surface area contributed by atoms with Crippen molar-refractivity contribution in [3.63, 3.8) is 0 Å². The van der Waals surface area contributed by atoms with Crippen molar-refractivity contribution in [2.75, 3.05) is 0 Å². The molecular weight excluding hydrogens is 381 g/mol. The van der Waals surface area contributed by atoms with Gasteiger partial charge in [0.2, 0.25) is 0 Å². The largest absolute Gasteiger partial charge is 0.206 e. The Morgan fingerprint density at radius 1 is 0.800 bits per heavy atom. The Balaban J connectivity index is 5.24. The van der Waals surface area contributed by atoms with E-state index in [-0.39, 0.29) is 28.2 Å². The van der Waals surface area contributed by atoms with Gasteiger partial charge < -0.3 is 0 Å². The van der Waals surface area contributed by atoms with Gasteiger partial charge >= 0.3 is 0 Å². The van der Waals surface area contributed by atoms with Crippen molar-refractivity contribution in [3.8, 4) is 0 Å².